The molecule has 5 heteroatoms. The van der Waals surface area contributed by atoms with Crippen molar-refractivity contribution in [3.63, 3.8) is 0 Å². The lowest BCUT2D eigenvalue weighted by molar-refractivity contribution is 0.0874. The molecule has 3 N–H and O–H groups in total. The summed E-state index contributed by atoms with van der Waals surface area (Å²) >= 11 is 0. The number of nitrogen functional groups attached to an aromatic ring is 1. The van der Waals surface area contributed by atoms with E-state index in [1.165, 1.54) is 5.56 Å². The number of hydrogen-bond donors (Lipinski definition) is 2. The highest BCUT2D eigenvalue weighted by Crippen LogP contribution is 2.24. The number of nitrogens with one attached hydrogen (secondary N) is 1. The number of likely N-dealkylation sites (tertiary alicyclic amines) is 1. The number of rotatable bonds is 5. The van der Waals surface area contributed by atoms with E-state index in [0.717, 1.165) is 38.0 Å². The summed E-state index contributed by atoms with van der Waals surface area (Å²) in [5, 5.41) is 3.13. The Morgan fingerprint density at radius 1 is 1.11 bits per heavy atom. The Bertz CT molecular complexity index is 936. The van der Waals surface area contributed by atoms with E-state index in [4.69, 9.17) is 10.2 Å². The Morgan fingerprint density at radius 3 is 2.79 bits per heavy atom. The van der Waals surface area contributed by atoms with Gasteiger partial charge in [0.05, 0.1) is 0 Å². The number of amides is 1. The summed E-state index contributed by atoms with van der Waals surface area (Å²) in [7, 11) is 0. The molecule has 0 bridgehead atoms. The van der Waals surface area contributed by atoms with E-state index in [2.05, 4.69) is 34.5 Å². The first kappa shape index (κ1) is 18.3. The average Bonchev–Trinajstić information content (AvgIpc) is 3.20. The summed E-state index contributed by atoms with van der Waals surface area (Å²) in [6.45, 7) is 2.82. The molecular formula is C23H25N3O2. The van der Waals surface area contributed by atoms with Crippen LogP contribution < -0.4 is 11.1 Å². The van der Waals surface area contributed by atoms with Gasteiger partial charge >= 0.3 is 0 Å². The predicted octanol–water partition coefficient (Wildman–Crippen LogP) is 3.92. The lowest BCUT2D eigenvalue weighted by atomic mass is 10.0. The first-order valence-electron chi connectivity index (χ1n) is 9.70. The number of furan rings is 1. The third-order valence-electron chi connectivity index (χ3n) is 5.09. The first-order chi connectivity index (χ1) is 13.7. The fraction of sp³-hybridized carbons (Fsp3) is 0.261. The standard InChI is InChI=1S/C23H25N3O2/c24-19-9-4-8-18(14-19)21-11-12-22(28-21)23(27)25-20-10-5-13-26(16-20)15-17-6-2-1-3-7-17/h1-4,6-9,11-12,14,20H,5,10,13,15-16,24H2,(H,25,27). The monoisotopic (exact) mass is 375 g/mol. The second kappa shape index (κ2) is 8.31. The molecule has 3 aromatic rings. The van der Waals surface area contributed by atoms with Crippen molar-refractivity contribution >= 4 is 11.6 Å². The van der Waals surface area contributed by atoms with Crippen LogP contribution in [0.15, 0.2) is 71.1 Å². The minimum absolute atomic E-state index is 0.130. The summed E-state index contributed by atoms with van der Waals surface area (Å²) in [6, 6.07) is 21.6. The number of carbonyl (C=O) groups excluding carboxylic acids is 1. The summed E-state index contributed by atoms with van der Waals surface area (Å²) in [6.07, 6.45) is 2.06. The maximum Gasteiger partial charge on any atom is 0.287 e. The minimum atomic E-state index is -0.165. The third-order valence-corrected chi connectivity index (χ3v) is 5.09. The zero-order valence-corrected chi connectivity index (χ0v) is 15.8. The fourth-order valence-electron chi connectivity index (χ4n) is 3.72. The lowest BCUT2D eigenvalue weighted by Crippen LogP contribution is -2.47. The highest BCUT2D eigenvalue weighted by atomic mass is 16.3. The molecule has 0 saturated carbocycles. The number of benzene rings is 2. The summed E-state index contributed by atoms with van der Waals surface area (Å²) < 4.78 is 5.77. The van der Waals surface area contributed by atoms with Gasteiger partial charge in [-0.1, -0.05) is 42.5 Å². The van der Waals surface area contributed by atoms with Crippen molar-refractivity contribution in [2.24, 2.45) is 0 Å². The number of nitrogens with zero attached hydrogens (tertiary/aromatic N) is 1. The minimum Gasteiger partial charge on any atom is -0.451 e. The molecule has 0 aliphatic carbocycles. The lowest BCUT2D eigenvalue weighted by Gasteiger charge is -2.33. The maximum atomic E-state index is 12.6. The molecule has 1 amide bonds. The molecule has 1 atom stereocenters. The van der Waals surface area contributed by atoms with Crippen LogP contribution in [0.2, 0.25) is 0 Å². The molecule has 1 unspecified atom stereocenters. The van der Waals surface area contributed by atoms with Crippen molar-refractivity contribution in [3.8, 4) is 11.3 Å². The Labute approximate surface area is 165 Å². The highest BCUT2D eigenvalue weighted by Gasteiger charge is 2.23. The molecule has 28 heavy (non-hydrogen) atoms. The number of hydrogen-bond acceptors (Lipinski definition) is 4. The van der Waals surface area contributed by atoms with Gasteiger partial charge in [-0.15, -0.1) is 0 Å². The zero-order chi connectivity index (χ0) is 19.3. The molecule has 1 fully saturated rings. The van der Waals surface area contributed by atoms with Crippen LogP contribution in [0.3, 0.4) is 0 Å². The second-order valence-corrected chi connectivity index (χ2v) is 7.32. The van der Waals surface area contributed by atoms with Gasteiger partial charge in [0.1, 0.15) is 5.76 Å². The van der Waals surface area contributed by atoms with E-state index in [1.54, 1.807) is 6.07 Å². The second-order valence-electron chi connectivity index (χ2n) is 7.32. The van der Waals surface area contributed by atoms with Gasteiger partial charge in [-0.05, 0) is 49.2 Å². The smallest absolute Gasteiger partial charge is 0.287 e. The summed E-state index contributed by atoms with van der Waals surface area (Å²) in [5.74, 6) is 0.811. The van der Waals surface area contributed by atoms with Crippen LogP contribution >= 0.6 is 0 Å². The topological polar surface area (TPSA) is 71.5 Å². The molecule has 144 valence electrons. The number of anilines is 1. The van der Waals surface area contributed by atoms with Gasteiger partial charge in [-0.2, -0.15) is 0 Å². The van der Waals surface area contributed by atoms with Crippen LogP contribution in [-0.2, 0) is 6.54 Å². The van der Waals surface area contributed by atoms with Crippen molar-refractivity contribution in [3.05, 3.63) is 78.1 Å². The van der Waals surface area contributed by atoms with E-state index in [1.807, 2.05) is 36.4 Å². The van der Waals surface area contributed by atoms with Crippen LogP contribution in [0.1, 0.15) is 29.0 Å². The molecule has 1 aliphatic rings. The van der Waals surface area contributed by atoms with Gasteiger partial charge < -0.3 is 15.5 Å². The zero-order valence-electron chi connectivity index (χ0n) is 15.8. The molecule has 1 aromatic heterocycles. The van der Waals surface area contributed by atoms with Gasteiger partial charge in [0.2, 0.25) is 0 Å². The Hall–Kier alpha value is -3.05. The largest absolute Gasteiger partial charge is 0.451 e. The van der Waals surface area contributed by atoms with Gasteiger partial charge in [-0.3, -0.25) is 9.69 Å². The van der Waals surface area contributed by atoms with Gasteiger partial charge in [0, 0.05) is 30.4 Å². The Balaban J connectivity index is 1.37. The molecule has 2 aromatic carbocycles. The Kier molecular flexibility index (Phi) is 5.44. The highest BCUT2D eigenvalue weighted by molar-refractivity contribution is 5.92. The molecule has 0 radical (unpaired) electrons. The molecule has 1 saturated heterocycles. The summed E-state index contributed by atoms with van der Waals surface area (Å²) in [4.78, 5) is 15.0. The van der Waals surface area contributed by atoms with E-state index in [0.29, 0.717) is 17.2 Å². The Morgan fingerprint density at radius 2 is 1.96 bits per heavy atom. The number of piperidine rings is 1. The quantitative estimate of drug-likeness (QED) is 0.663. The molecule has 1 aliphatic heterocycles. The van der Waals surface area contributed by atoms with Crippen molar-refractivity contribution in [1.29, 1.82) is 0 Å². The van der Waals surface area contributed by atoms with Gasteiger partial charge in [-0.25, -0.2) is 0 Å². The van der Waals surface area contributed by atoms with Crippen molar-refractivity contribution in [2.45, 2.75) is 25.4 Å². The van der Waals surface area contributed by atoms with E-state index < -0.39 is 0 Å². The first-order valence-corrected chi connectivity index (χ1v) is 9.70. The molecule has 2 heterocycles. The van der Waals surface area contributed by atoms with Gasteiger partial charge in [0.15, 0.2) is 5.76 Å². The van der Waals surface area contributed by atoms with Crippen molar-refractivity contribution in [1.82, 2.24) is 10.2 Å². The van der Waals surface area contributed by atoms with E-state index in [-0.39, 0.29) is 11.9 Å². The van der Waals surface area contributed by atoms with Crippen molar-refractivity contribution < 1.29 is 9.21 Å². The molecular weight excluding hydrogens is 350 g/mol. The summed E-state index contributed by atoms with van der Waals surface area (Å²) in [5.41, 5.74) is 8.66. The fourth-order valence-corrected chi connectivity index (χ4v) is 3.72. The van der Waals surface area contributed by atoms with Crippen molar-refractivity contribution in [2.75, 3.05) is 18.8 Å². The van der Waals surface area contributed by atoms with E-state index in [9.17, 15) is 4.79 Å². The SMILES string of the molecule is Nc1cccc(-c2ccc(C(=O)NC3CCCN(Cc4ccccc4)C3)o2)c1. The van der Waals surface area contributed by atoms with Crippen LogP contribution in [0.4, 0.5) is 5.69 Å². The van der Waals surface area contributed by atoms with Crippen LogP contribution in [0.5, 0.6) is 0 Å². The van der Waals surface area contributed by atoms with Crippen LogP contribution in [-0.4, -0.2) is 29.9 Å². The van der Waals surface area contributed by atoms with E-state index >= 15 is 0 Å². The average molecular weight is 375 g/mol. The van der Waals surface area contributed by atoms with Crippen LogP contribution in [0.25, 0.3) is 11.3 Å². The van der Waals surface area contributed by atoms with Crippen LogP contribution in [0, 0.1) is 0 Å². The normalized spacial score (nSPS) is 17.4. The molecule has 4 rings (SSSR count). The number of nitrogens with two attached hydrogens (primary N) is 1. The molecule has 5 nitrogen and oxygen atoms in total. The predicted molar refractivity (Wildman–Crippen MR) is 111 cm³/mol. The number of carbonyl (C=O) groups is 1. The molecule has 0 spiro atoms. The maximum absolute atomic E-state index is 12.6. The third kappa shape index (κ3) is 4.43. The van der Waals surface area contributed by atoms with Gasteiger partial charge in [0.25, 0.3) is 5.91 Å².